The largest absolute Gasteiger partial charge is 0.480 e. The standard InChI is InChI=1S/C14H17N3O3/c1-17(9-5-8-15)14(20)16-12(13(18)19)10-11-6-3-2-4-7-11/h2-4,6-7,12H,5,9-10H2,1H3,(H,16,20)(H,18,19). The van der Waals surface area contributed by atoms with E-state index in [2.05, 4.69) is 5.32 Å². The van der Waals surface area contributed by atoms with Crippen LogP contribution in [0.15, 0.2) is 30.3 Å². The molecule has 1 aromatic rings. The van der Waals surface area contributed by atoms with Gasteiger partial charge in [0.15, 0.2) is 0 Å². The molecular weight excluding hydrogens is 258 g/mol. The fourth-order valence-corrected chi connectivity index (χ4v) is 1.63. The van der Waals surface area contributed by atoms with Gasteiger partial charge in [0, 0.05) is 20.0 Å². The first kappa shape index (κ1) is 15.5. The van der Waals surface area contributed by atoms with Crippen molar-refractivity contribution in [3.63, 3.8) is 0 Å². The van der Waals surface area contributed by atoms with E-state index in [0.717, 1.165) is 5.56 Å². The molecule has 0 fully saturated rings. The van der Waals surface area contributed by atoms with Gasteiger partial charge in [0.25, 0.3) is 0 Å². The average molecular weight is 275 g/mol. The number of benzene rings is 1. The summed E-state index contributed by atoms with van der Waals surface area (Å²) in [6.45, 7) is 0.264. The van der Waals surface area contributed by atoms with Gasteiger partial charge in [0.05, 0.1) is 12.5 Å². The molecule has 1 aromatic carbocycles. The first-order chi connectivity index (χ1) is 9.54. The van der Waals surface area contributed by atoms with Gasteiger partial charge in [-0.15, -0.1) is 0 Å². The van der Waals surface area contributed by atoms with Crippen molar-refractivity contribution < 1.29 is 14.7 Å². The molecule has 6 nitrogen and oxygen atoms in total. The van der Waals surface area contributed by atoms with E-state index in [1.807, 2.05) is 36.4 Å². The highest BCUT2D eigenvalue weighted by Crippen LogP contribution is 2.04. The van der Waals surface area contributed by atoms with Crippen LogP contribution in [0, 0.1) is 11.3 Å². The maximum Gasteiger partial charge on any atom is 0.326 e. The van der Waals surface area contributed by atoms with Gasteiger partial charge in [-0.1, -0.05) is 30.3 Å². The first-order valence-electron chi connectivity index (χ1n) is 6.20. The molecule has 0 bridgehead atoms. The van der Waals surface area contributed by atoms with E-state index in [4.69, 9.17) is 10.4 Å². The highest BCUT2D eigenvalue weighted by molar-refractivity contribution is 5.82. The van der Waals surface area contributed by atoms with Gasteiger partial charge in [-0.3, -0.25) is 0 Å². The fourth-order valence-electron chi connectivity index (χ4n) is 1.63. The van der Waals surface area contributed by atoms with Gasteiger partial charge in [-0.05, 0) is 5.56 Å². The first-order valence-corrected chi connectivity index (χ1v) is 6.20. The summed E-state index contributed by atoms with van der Waals surface area (Å²) >= 11 is 0. The molecule has 1 rings (SSSR count). The van der Waals surface area contributed by atoms with E-state index >= 15 is 0 Å². The number of carboxylic acid groups (broad SMARTS) is 1. The number of nitriles is 1. The zero-order valence-electron chi connectivity index (χ0n) is 11.2. The smallest absolute Gasteiger partial charge is 0.326 e. The highest BCUT2D eigenvalue weighted by Gasteiger charge is 2.21. The third-order valence-corrected chi connectivity index (χ3v) is 2.78. The van der Waals surface area contributed by atoms with Crippen LogP contribution in [-0.4, -0.2) is 41.6 Å². The Bertz CT molecular complexity index is 496. The number of aliphatic carboxylic acids is 1. The number of nitrogens with one attached hydrogen (secondary N) is 1. The van der Waals surface area contributed by atoms with Crippen LogP contribution >= 0.6 is 0 Å². The maximum atomic E-state index is 11.8. The molecule has 0 radical (unpaired) electrons. The summed E-state index contributed by atoms with van der Waals surface area (Å²) in [5, 5.41) is 20.1. The number of hydrogen-bond acceptors (Lipinski definition) is 3. The minimum Gasteiger partial charge on any atom is -0.480 e. The van der Waals surface area contributed by atoms with Crippen molar-refractivity contribution in [3.8, 4) is 6.07 Å². The molecule has 0 saturated heterocycles. The zero-order chi connectivity index (χ0) is 15.0. The SMILES string of the molecule is CN(CCC#N)C(=O)NC(Cc1ccccc1)C(=O)O. The Kier molecular flexibility index (Phi) is 6.04. The van der Waals surface area contributed by atoms with E-state index in [9.17, 15) is 9.59 Å². The molecule has 0 aliphatic heterocycles. The predicted molar refractivity (Wildman–Crippen MR) is 73.0 cm³/mol. The number of carboxylic acids is 1. The van der Waals surface area contributed by atoms with E-state index in [1.165, 1.54) is 11.9 Å². The van der Waals surface area contributed by atoms with Gasteiger partial charge in [-0.25, -0.2) is 9.59 Å². The van der Waals surface area contributed by atoms with E-state index in [-0.39, 0.29) is 19.4 Å². The lowest BCUT2D eigenvalue weighted by atomic mass is 10.1. The second-order valence-corrected chi connectivity index (χ2v) is 4.36. The minimum atomic E-state index is -1.09. The molecule has 0 heterocycles. The van der Waals surface area contributed by atoms with Gasteiger partial charge < -0.3 is 15.3 Å². The van der Waals surface area contributed by atoms with Crippen molar-refractivity contribution in [1.82, 2.24) is 10.2 Å². The Hall–Kier alpha value is -2.55. The highest BCUT2D eigenvalue weighted by atomic mass is 16.4. The molecule has 1 unspecified atom stereocenters. The molecule has 2 amide bonds. The number of carbonyl (C=O) groups excluding carboxylic acids is 1. The number of urea groups is 1. The molecule has 20 heavy (non-hydrogen) atoms. The summed E-state index contributed by atoms with van der Waals surface area (Å²) in [5.74, 6) is -1.09. The van der Waals surface area contributed by atoms with Crippen LogP contribution in [-0.2, 0) is 11.2 Å². The van der Waals surface area contributed by atoms with Gasteiger partial charge in [-0.2, -0.15) is 5.26 Å². The molecule has 1 atom stereocenters. The maximum absolute atomic E-state index is 11.8. The van der Waals surface area contributed by atoms with Crippen molar-refractivity contribution in [2.24, 2.45) is 0 Å². The molecule has 0 aliphatic carbocycles. The summed E-state index contributed by atoms with van der Waals surface area (Å²) in [6, 6.07) is 9.53. The summed E-state index contributed by atoms with van der Waals surface area (Å²) < 4.78 is 0. The average Bonchev–Trinajstić information content (AvgIpc) is 2.44. The van der Waals surface area contributed by atoms with E-state index < -0.39 is 18.0 Å². The molecule has 0 aromatic heterocycles. The third kappa shape index (κ3) is 4.98. The molecular formula is C14H17N3O3. The Labute approximate surface area is 117 Å². The summed E-state index contributed by atoms with van der Waals surface area (Å²) in [4.78, 5) is 24.3. The van der Waals surface area contributed by atoms with Crippen LogP contribution in [0.1, 0.15) is 12.0 Å². The second kappa shape index (κ2) is 7.79. The Morgan fingerprint density at radius 3 is 2.60 bits per heavy atom. The van der Waals surface area contributed by atoms with Crippen molar-refractivity contribution >= 4 is 12.0 Å². The predicted octanol–water partition coefficient (Wildman–Crippen LogP) is 1.24. The van der Waals surface area contributed by atoms with Gasteiger partial charge in [0.1, 0.15) is 6.04 Å². The second-order valence-electron chi connectivity index (χ2n) is 4.36. The van der Waals surface area contributed by atoms with Crippen molar-refractivity contribution in [2.75, 3.05) is 13.6 Å². The number of rotatable bonds is 6. The van der Waals surface area contributed by atoms with Crippen LogP contribution in [0.2, 0.25) is 0 Å². The Morgan fingerprint density at radius 2 is 2.05 bits per heavy atom. The zero-order valence-corrected chi connectivity index (χ0v) is 11.2. The van der Waals surface area contributed by atoms with Crippen molar-refractivity contribution in [1.29, 1.82) is 5.26 Å². The normalized spacial score (nSPS) is 11.2. The molecule has 6 heteroatoms. The summed E-state index contributed by atoms with van der Waals surface area (Å²) in [5.41, 5.74) is 0.833. The molecule has 106 valence electrons. The third-order valence-electron chi connectivity index (χ3n) is 2.78. The number of carbonyl (C=O) groups is 2. The summed E-state index contributed by atoms with van der Waals surface area (Å²) in [6.07, 6.45) is 0.425. The number of hydrogen-bond donors (Lipinski definition) is 2. The molecule has 0 aliphatic rings. The van der Waals surface area contributed by atoms with Crippen LogP contribution in [0.3, 0.4) is 0 Å². The molecule has 0 spiro atoms. The van der Waals surface area contributed by atoms with Crippen LogP contribution in [0.25, 0.3) is 0 Å². The summed E-state index contributed by atoms with van der Waals surface area (Å²) in [7, 11) is 1.52. The van der Waals surface area contributed by atoms with Crippen LogP contribution < -0.4 is 5.32 Å². The van der Waals surface area contributed by atoms with Crippen molar-refractivity contribution in [3.05, 3.63) is 35.9 Å². The Balaban J connectivity index is 2.62. The van der Waals surface area contributed by atoms with Crippen LogP contribution in [0.5, 0.6) is 0 Å². The van der Waals surface area contributed by atoms with E-state index in [1.54, 1.807) is 0 Å². The number of amides is 2. The molecule has 2 N–H and O–H groups in total. The van der Waals surface area contributed by atoms with Crippen molar-refractivity contribution in [2.45, 2.75) is 18.9 Å². The van der Waals surface area contributed by atoms with E-state index in [0.29, 0.717) is 0 Å². The van der Waals surface area contributed by atoms with Crippen LogP contribution in [0.4, 0.5) is 4.79 Å². The quantitative estimate of drug-likeness (QED) is 0.816. The lowest BCUT2D eigenvalue weighted by Gasteiger charge is -2.20. The fraction of sp³-hybridized carbons (Fsp3) is 0.357. The Morgan fingerprint density at radius 1 is 1.40 bits per heavy atom. The topological polar surface area (TPSA) is 93.4 Å². The lowest BCUT2D eigenvalue weighted by molar-refractivity contribution is -0.139. The monoisotopic (exact) mass is 275 g/mol. The van der Waals surface area contributed by atoms with Gasteiger partial charge >= 0.3 is 12.0 Å². The molecule has 0 saturated carbocycles. The minimum absolute atomic E-state index is 0.209. The number of nitrogens with zero attached hydrogens (tertiary/aromatic N) is 2. The van der Waals surface area contributed by atoms with Gasteiger partial charge in [0.2, 0.25) is 0 Å². The lowest BCUT2D eigenvalue weighted by Crippen LogP contribution is -2.47.